The number of nitro groups is 1. The lowest BCUT2D eigenvalue weighted by atomic mass is 9.82. The summed E-state index contributed by atoms with van der Waals surface area (Å²) in [6, 6.07) is 13.4. The van der Waals surface area contributed by atoms with Gasteiger partial charge in [0.15, 0.2) is 5.16 Å². The van der Waals surface area contributed by atoms with Gasteiger partial charge in [0.1, 0.15) is 11.6 Å². The van der Waals surface area contributed by atoms with Crippen LogP contribution in [0.5, 0.6) is 5.75 Å². The van der Waals surface area contributed by atoms with Crippen molar-refractivity contribution in [3.05, 3.63) is 97.0 Å². The molecule has 1 aliphatic heterocycles. The number of H-pyrrole nitrogens is 1. The zero-order valence-electron chi connectivity index (χ0n) is 20.7. The number of aromatic amines is 1. The molecule has 10 nitrogen and oxygen atoms in total. The number of nitrogens with zero attached hydrogens (tertiary/aromatic N) is 2. The van der Waals surface area contributed by atoms with Crippen molar-refractivity contribution in [3.63, 3.8) is 0 Å². The van der Waals surface area contributed by atoms with Crippen molar-refractivity contribution in [2.24, 2.45) is 0 Å². The molecule has 11 heteroatoms. The van der Waals surface area contributed by atoms with Gasteiger partial charge in [-0.1, -0.05) is 36.0 Å². The Bertz CT molecular complexity index is 1410. The second-order valence-electron chi connectivity index (χ2n) is 8.67. The van der Waals surface area contributed by atoms with Crippen molar-refractivity contribution < 1.29 is 19.2 Å². The van der Waals surface area contributed by atoms with Crippen LogP contribution in [0.4, 0.5) is 11.5 Å². The summed E-state index contributed by atoms with van der Waals surface area (Å²) in [5.74, 6) is 0.243. The Morgan fingerprint density at radius 3 is 2.43 bits per heavy atom. The molecule has 192 valence electrons. The zero-order chi connectivity index (χ0) is 26.7. The minimum Gasteiger partial charge on any atom is -0.497 e. The van der Waals surface area contributed by atoms with Crippen LogP contribution in [0.25, 0.3) is 0 Å². The number of nitrogens with one attached hydrogen (secondary N) is 2. The second-order valence-corrected chi connectivity index (χ2v) is 9.63. The lowest BCUT2D eigenvalue weighted by Crippen LogP contribution is -2.31. The molecule has 0 amide bonds. The van der Waals surface area contributed by atoms with Crippen LogP contribution >= 0.6 is 11.8 Å². The fraction of sp³-hybridized carbons (Fsp3) is 0.269. The second kappa shape index (κ2) is 10.9. The number of allylic oxidation sites excluding steroid dienone is 1. The highest BCUT2D eigenvalue weighted by Crippen LogP contribution is 2.40. The minimum atomic E-state index is -0.696. The number of benzene rings is 2. The lowest BCUT2D eigenvalue weighted by molar-refractivity contribution is -0.384. The van der Waals surface area contributed by atoms with Gasteiger partial charge in [0, 0.05) is 23.6 Å². The van der Waals surface area contributed by atoms with Gasteiger partial charge in [-0.2, -0.15) is 0 Å². The summed E-state index contributed by atoms with van der Waals surface area (Å²) in [5.41, 5.74) is 2.38. The van der Waals surface area contributed by atoms with E-state index in [0.717, 1.165) is 11.1 Å². The van der Waals surface area contributed by atoms with Gasteiger partial charge in [-0.05, 0) is 44.0 Å². The van der Waals surface area contributed by atoms with E-state index in [-0.39, 0.29) is 17.4 Å². The van der Waals surface area contributed by atoms with Gasteiger partial charge in [0.2, 0.25) is 0 Å². The summed E-state index contributed by atoms with van der Waals surface area (Å²) >= 11 is 1.29. The molecule has 1 aromatic heterocycles. The monoisotopic (exact) mass is 522 g/mol. The Labute approximate surface area is 217 Å². The number of thioether (sulfide) groups is 1. The van der Waals surface area contributed by atoms with E-state index in [9.17, 15) is 19.7 Å². The first-order valence-electron chi connectivity index (χ1n) is 11.5. The van der Waals surface area contributed by atoms with Gasteiger partial charge in [0.25, 0.3) is 11.2 Å². The maximum atomic E-state index is 13.4. The van der Waals surface area contributed by atoms with Crippen LogP contribution in [0.1, 0.15) is 43.4 Å². The fourth-order valence-corrected chi connectivity index (χ4v) is 4.86. The molecule has 2 N–H and O–H groups in total. The third kappa shape index (κ3) is 5.67. The summed E-state index contributed by atoms with van der Waals surface area (Å²) < 4.78 is 10.8. The third-order valence-corrected chi connectivity index (χ3v) is 6.70. The third-order valence-electron chi connectivity index (χ3n) is 5.76. The Kier molecular flexibility index (Phi) is 7.63. The highest BCUT2D eigenvalue weighted by Gasteiger charge is 2.36. The first-order valence-corrected chi connectivity index (χ1v) is 12.5. The Balaban J connectivity index is 1.70. The number of carbonyl (C=O) groups is 1. The van der Waals surface area contributed by atoms with E-state index in [0.29, 0.717) is 39.3 Å². The number of fused-ring (bicyclic) bond motifs is 1. The number of hydrogen-bond acceptors (Lipinski definition) is 9. The number of hydrogen-bond donors (Lipinski definition) is 2. The van der Waals surface area contributed by atoms with Gasteiger partial charge in [-0.25, -0.2) is 9.78 Å². The molecule has 37 heavy (non-hydrogen) atoms. The van der Waals surface area contributed by atoms with Crippen LogP contribution in [0.2, 0.25) is 0 Å². The van der Waals surface area contributed by atoms with Gasteiger partial charge in [-0.3, -0.25) is 14.9 Å². The zero-order valence-corrected chi connectivity index (χ0v) is 21.5. The van der Waals surface area contributed by atoms with Gasteiger partial charge in [-0.15, -0.1) is 0 Å². The van der Waals surface area contributed by atoms with E-state index in [4.69, 9.17) is 9.47 Å². The molecule has 0 bridgehead atoms. The molecule has 0 aliphatic carbocycles. The smallest absolute Gasteiger partial charge is 0.337 e. The molecular formula is C26H26N4O6S. The topological polar surface area (TPSA) is 136 Å². The maximum Gasteiger partial charge on any atom is 0.337 e. The van der Waals surface area contributed by atoms with E-state index in [2.05, 4.69) is 15.3 Å². The van der Waals surface area contributed by atoms with E-state index < -0.39 is 16.8 Å². The van der Waals surface area contributed by atoms with Gasteiger partial charge in [0.05, 0.1) is 35.2 Å². The molecule has 0 spiro atoms. The minimum absolute atomic E-state index is 0.0110. The molecule has 1 atom stereocenters. The normalized spacial score (nSPS) is 14.7. The molecule has 2 heterocycles. The Morgan fingerprint density at radius 2 is 1.84 bits per heavy atom. The van der Waals surface area contributed by atoms with Crippen molar-refractivity contribution in [1.82, 2.24) is 9.97 Å². The molecule has 0 radical (unpaired) electrons. The van der Waals surface area contributed by atoms with Crippen LogP contribution in [0.3, 0.4) is 0 Å². The van der Waals surface area contributed by atoms with E-state index in [1.807, 2.05) is 12.1 Å². The molecule has 0 saturated carbocycles. The first-order chi connectivity index (χ1) is 17.7. The number of methoxy groups -OCH3 is 1. The number of esters is 1. The number of aromatic nitrogens is 2. The SMILES string of the molecule is COc1ccc(C2C(C(=O)OC(C)C)=C(C)Nc3nc(SCc4ccc([N+](=O)[O-])cc4)[nH]c(=O)c32)cc1. The maximum absolute atomic E-state index is 13.4. The van der Waals surface area contributed by atoms with E-state index in [1.165, 1.54) is 23.9 Å². The number of non-ortho nitro benzene ring substituents is 1. The summed E-state index contributed by atoms with van der Waals surface area (Å²) in [5, 5.41) is 14.4. The Morgan fingerprint density at radius 1 is 1.16 bits per heavy atom. The van der Waals surface area contributed by atoms with Crippen LogP contribution in [-0.2, 0) is 15.3 Å². The summed E-state index contributed by atoms with van der Waals surface area (Å²) in [6.45, 7) is 5.29. The number of anilines is 1. The standard InChI is InChI=1S/C26H26N4O6S/c1-14(2)36-25(32)20-15(3)27-23-22(21(20)17-7-11-19(35-4)12-8-17)24(31)29-26(28-23)37-13-16-5-9-18(10-6-16)30(33)34/h5-12,14,21H,13H2,1-4H3,(H2,27,28,29,31). The van der Waals surface area contributed by atoms with Crippen LogP contribution in [0.15, 0.2) is 69.8 Å². The summed E-state index contributed by atoms with van der Waals surface area (Å²) in [7, 11) is 1.56. The molecule has 0 fully saturated rings. The van der Waals surface area contributed by atoms with Crippen LogP contribution in [0, 0.1) is 10.1 Å². The molecule has 4 rings (SSSR count). The molecule has 2 aromatic carbocycles. The van der Waals surface area contributed by atoms with Gasteiger partial charge >= 0.3 is 5.97 Å². The molecule has 1 aliphatic rings. The van der Waals surface area contributed by atoms with Crippen molar-refractivity contribution in [2.75, 3.05) is 12.4 Å². The number of nitro benzene ring substituents is 1. The molecule has 1 unspecified atom stereocenters. The van der Waals surface area contributed by atoms with Crippen molar-refractivity contribution in [2.45, 2.75) is 43.7 Å². The number of ether oxygens (including phenoxy) is 2. The number of carbonyl (C=O) groups excluding carboxylic acids is 1. The number of rotatable bonds is 8. The van der Waals surface area contributed by atoms with Crippen molar-refractivity contribution in [3.8, 4) is 5.75 Å². The quantitative estimate of drug-likeness (QED) is 0.141. The van der Waals surface area contributed by atoms with Gasteiger partial charge < -0.3 is 19.8 Å². The predicted octanol–water partition coefficient (Wildman–Crippen LogP) is 4.76. The summed E-state index contributed by atoms with van der Waals surface area (Å²) in [4.78, 5) is 44.4. The van der Waals surface area contributed by atoms with Crippen LogP contribution in [-0.4, -0.2) is 34.1 Å². The van der Waals surface area contributed by atoms with E-state index in [1.54, 1.807) is 52.1 Å². The molecular weight excluding hydrogens is 496 g/mol. The van der Waals surface area contributed by atoms with Crippen molar-refractivity contribution >= 4 is 29.2 Å². The lowest BCUT2D eigenvalue weighted by Gasteiger charge is -2.29. The fourth-order valence-electron chi connectivity index (χ4n) is 4.04. The first kappa shape index (κ1) is 26.0. The van der Waals surface area contributed by atoms with Crippen molar-refractivity contribution in [1.29, 1.82) is 0 Å². The summed E-state index contributed by atoms with van der Waals surface area (Å²) in [6.07, 6.45) is -0.333. The largest absolute Gasteiger partial charge is 0.497 e. The van der Waals surface area contributed by atoms with Crippen LogP contribution < -0.4 is 15.6 Å². The highest BCUT2D eigenvalue weighted by molar-refractivity contribution is 7.98. The average Bonchev–Trinajstić information content (AvgIpc) is 2.86. The predicted molar refractivity (Wildman–Crippen MR) is 140 cm³/mol. The van der Waals surface area contributed by atoms with E-state index >= 15 is 0 Å². The Hall–Kier alpha value is -4.12. The highest BCUT2D eigenvalue weighted by atomic mass is 32.2. The average molecular weight is 523 g/mol. The molecule has 3 aromatic rings. The molecule has 0 saturated heterocycles.